The first-order chi connectivity index (χ1) is 8.95. The van der Waals surface area contributed by atoms with Crippen LogP contribution in [0.1, 0.15) is 10.4 Å². The van der Waals surface area contributed by atoms with E-state index < -0.39 is 17.5 Å². The number of carbonyl (C=O) groups excluding carboxylic acids is 1. The van der Waals surface area contributed by atoms with E-state index in [0.29, 0.717) is 15.7 Å². The molecule has 0 unspecified atom stereocenters. The number of amides is 1. The second-order valence-electron chi connectivity index (χ2n) is 3.74. The number of hydrogen-bond acceptors (Lipinski definition) is 1. The second-order valence-corrected chi connectivity index (χ2v) is 4.61. The standard InChI is InChI=1S/C13H7Cl2F2NO/c14-8-4-9(15)6-10(5-8)18-13(19)7-1-2-11(16)12(17)3-7/h1-6H,(H,18,19). The highest BCUT2D eigenvalue weighted by Gasteiger charge is 2.10. The lowest BCUT2D eigenvalue weighted by molar-refractivity contribution is 0.102. The molecular weight excluding hydrogens is 295 g/mol. The highest BCUT2D eigenvalue weighted by atomic mass is 35.5. The fourth-order valence-electron chi connectivity index (χ4n) is 1.47. The van der Waals surface area contributed by atoms with E-state index in [4.69, 9.17) is 23.2 Å². The van der Waals surface area contributed by atoms with Gasteiger partial charge in [-0.15, -0.1) is 0 Å². The normalized spacial score (nSPS) is 10.3. The number of nitrogens with one attached hydrogen (secondary N) is 1. The highest BCUT2D eigenvalue weighted by molar-refractivity contribution is 6.35. The van der Waals surface area contributed by atoms with Gasteiger partial charge in [0.15, 0.2) is 11.6 Å². The van der Waals surface area contributed by atoms with Crippen LogP contribution in [-0.2, 0) is 0 Å². The maximum atomic E-state index is 13.0. The summed E-state index contributed by atoms with van der Waals surface area (Å²) in [6.45, 7) is 0. The summed E-state index contributed by atoms with van der Waals surface area (Å²) in [5, 5.41) is 3.20. The van der Waals surface area contributed by atoms with Gasteiger partial charge in [-0.2, -0.15) is 0 Å². The summed E-state index contributed by atoms with van der Waals surface area (Å²) in [6, 6.07) is 7.37. The number of halogens is 4. The first-order valence-corrected chi connectivity index (χ1v) is 5.94. The zero-order valence-corrected chi connectivity index (χ0v) is 10.9. The van der Waals surface area contributed by atoms with Gasteiger partial charge in [0.1, 0.15) is 0 Å². The summed E-state index contributed by atoms with van der Waals surface area (Å²) in [4.78, 5) is 11.8. The fraction of sp³-hybridized carbons (Fsp3) is 0. The fourth-order valence-corrected chi connectivity index (χ4v) is 1.99. The van der Waals surface area contributed by atoms with Crippen molar-refractivity contribution in [2.75, 3.05) is 5.32 Å². The molecule has 0 aliphatic heterocycles. The van der Waals surface area contributed by atoms with Gasteiger partial charge in [-0.1, -0.05) is 23.2 Å². The van der Waals surface area contributed by atoms with Gasteiger partial charge in [0.2, 0.25) is 0 Å². The molecule has 2 aromatic rings. The van der Waals surface area contributed by atoms with Gasteiger partial charge in [-0.3, -0.25) is 4.79 Å². The smallest absolute Gasteiger partial charge is 0.255 e. The highest BCUT2D eigenvalue weighted by Crippen LogP contribution is 2.23. The minimum Gasteiger partial charge on any atom is -0.322 e. The van der Waals surface area contributed by atoms with Gasteiger partial charge in [0.25, 0.3) is 5.91 Å². The molecule has 2 aromatic carbocycles. The minimum absolute atomic E-state index is 0.00463. The molecule has 1 N–H and O–H groups in total. The Morgan fingerprint density at radius 2 is 1.58 bits per heavy atom. The lowest BCUT2D eigenvalue weighted by Crippen LogP contribution is -2.12. The van der Waals surface area contributed by atoms with E-state index >= 15 is 0 Å². The Balaban J connectivity index is 2.22. The third-order valence-corrected chi connectivity index (χ3v) is 2.74. The Morgan fingerprint density at radius 1 is 0.947 bits per heavy atom. The first-order valence-electron chi connectivity index (χ1n) is 5.18. The first kappa shape index (κ1) is 13.8. The molecule has 19 heavy (non-hydrogen) atoms. The van der Waals surface area contributed by atoms with Crippen LogP contribution in [0.25, 0.3) is 0 Å². The van der Waals surface area contributed by atoms with Crippen LogP contribution in [0.2, 0.25) is 10.0 Å². The van der Waals surface area contributed by atoms with Gasteiger partial charge in [0.05, 0.1) is 0 Å². The van der Waals surface area contributed by atoms with E-state index in [9.17, 15) is 13.6 Å². The van der Waals surface area contributed by atoms with Crippen LogP contribution in [-0.4, -0.2) is 5.91 Å². The Labute approximate surface area is 118 Å². The molecule has 0 aliphatic carbocycles. The molecule has 0 spiro atoms. The van der Waals surface area contributed by atoms with Crippen molar-refractivity contribution in [2.45, 2.75) is 0 Å². The van der Waals surface area contributed by atoms with E-state index in [1.165, 1.54) is 24.3 Å². The summed E-state index contributed by atoms with van der Waals surface area (Å²) in [5.74, 6) is -2.68. The van der Waals surface area contributed by atoms with E-state index in [0.717, 1.165) is 12.1 Å². The molecule has 98 valence electrons. The minimum atomic E-state index is -1.09. The van der Waals surface area contributed by atoms with Crippen LogP contribution >= 0.6 is 23.2 Å². The monoisotopic (exact) mass is 301 g/mol. The number of rotatable bonds is 2. The predicted molar refractivity (Wildman–Crippen MR) is 70.8 cm³/mol. The van der Waals surface area contributed by atoms with E-state index in [-0.39, 0.29) is 5.56 Å². The summed E-state index contributed by atoms with van der Waals surface area (Å²) in [5.41, 5.74) is 0.363. The summed E-state index contributed by atoms with van der Waals surface area (Å²) < 4.78 is 25.8. The summed E-state index contributed by atoms with van der Waals surface area (Å²) >= 11 is 11.6. The van der Waals surface area contributed by atoms with Crippen molar-refractivity contribution in [2.24, 2.45) is 0 Å². The van der Waals surface area contributed by atoms with Crippen molar-refractivity contribution >= 4 is 34.8 Å². The Kier molecular flexibility index (Phi) is 4.02. The molecule has 0 fully saturated rings. The predicted octanol–water partition coefficient (Wildman–Crippen LogP) is 4.52. The lowest BCUT2D eigenvalue weighted by Gasteiger charge is -2.06. The molecule has 2 nitrogen and oxygen atoms in total. The van der Waals surface area contributed by atoms with Crippen LogP contribution in [0.5, 0.6) is 0 Å². The van der Waals surface area contributed by atoms with Gasteiger partial charge < -0.3 is 5.32 Å². The average Bonchev–Trinajstić information content (AvgIpc) is 2.31. The van der Waals surface area contributed by atoms with Crippen molar-refractivity contribution in [3.63, 3.8) is 0 Å². The molecule has 0 heterocycles. The van der Waals surface area contributed by atoms with Crippen molar-refractivity contribution in [3.8, 4) is 0 Å². The van der Waals surface area contributed by atoms with Crippen LogP contribution in [0.15, 0.2) is 36.4 Å². The average molecular weight is 302 g/mol. The maximum absolute atomic E-state index is 13.0. The Morgan fingerprint density at radius 3 is 2.16 bits per heavy atom. The van der Waals surface area contributed by atoms with Gasteiger partial charge in [-0.05, 0) is 36.4 Å². The Hall–Kier alpha value is -1.65. The Bertz CT molecular complexity index is 626. The molecule has 0 bridgehead atoms. The SMILES string of the molecule is O=C(Nc1cc(Cl)cc(Cl)c1)c1ccc(F)c(F)c1. The number of benzene rings is 2. The largest absolute Gasteiger partial charge is 0.322 e. The van der Waals surface area contributed by atoms with Gasteiger partial charge in [-0.25, -0.2) is 8.78 Å². The zero-order chi connectivity index (χ0) is 14.0. The number of carbonyl (C=O) groups is 1. The molecule has 0 saturated heterocycles. The van der Waals surface area contributed by atoms with E-state index in [1.807, 2.05) is 0 Å². The summed E-state index contributed by atoms with van der Waals surface area (Å²) in [6.07, 6.45) is 0. The maximum Gasteiger partial charge on any atom is 0.255 e. The molecule has 0 atom stereocenters. The molecule has 0 aliphatic rings. The number of hydrogen-bond donors (Lipinski definition) is 1. The summed E-state index contributed by atoms with van der Waals surface area (Å²) in [7, 11) is 0. The van der Waals surface area contributed by atoms with Crippen LogP contribution in [0.3, 0.4) is 0 Å². The van der Waals surface area contributed by atoms with E-state index in [2.05, 4.69) is 5.32 Å². The van der Waals surface area contributed by atoms with Crippen LogP contribution < -0.4 is 5.32 Å². The molecule has 6 heteroatoms. The van der Waals surface area contributed by atoms with Crippen molar-refractivity contribution in [1.82, 2.24) is 0 Å². The molecule has 0 saturated carbocycles. The molecule has 2 rings (SSSR count). The molecular formula is C13H7Cl2F2NO. The quantitative estimate of drug-likeness (QED) is 0.868. The topological polar surface area (TPSA) is 29.1 Å². The van der Waals surface area contributed by atoms with Crippen LogP contribution in [0.4, 0.5) is 14.5 Å². The molecule has 0 radical (unpaired) electrons. The zero-order valence-electron chi connectivity index (χ0n) is 9.38. The van der Waals surface area contributed by atoms with Crippen molar-refractivity contribution in [3.05, 3.63) is 63.6 Å². The van der Waals surface area contributed by atoms with Gasteiger partial charge in [0, 0.05) is 21.3 Å². The van der Waals surface area contributed by atoms with Crippen LogP contribution in [0, 0.1) is 11.6 Å². The molecule has 0 aromatic heterocycles. The third-order valence-electron chi connectivity index (χ3n) is 2.30. The van der Waals surface area contributed by atoms with Crippen molar-refractivity contribution < 1.29 is 13.6 Å². The lowest BCUT2D eigenvalue weighted by atomic mass is 10.2. The van der Waals surface area contributed by atoms with Crippen molar-refractivity contribution in [1.29, 1.82) is 0 Å². The van der Waals surface area contributed by atoms with Gasteiger partial charge >= 0.3 is 0 Å². The molecule has 1 amide bonds. The second kappa shape index (κ2) is 5.55. The third kappa shape index (κ3) is 3.43. The van der Waals surface area contributed by atoms with E-state index in [1.54, 1.807) is 0 Å². The number of anilines is 1.